The summed E-state index contributed by atoms with van der Waals surface area (Å²) in [6, 6.07) is 29.9. The first-order chi connectivity index (χ1) is 20.7. The van der Waals surface area contributed by atoms with Crippen LogP contribution in [0.1, 0.15) is 21.5 Å². The summed E-state index contributed by atoms with van der Waals surface area (Å²) in [5, 5.41) is 15.9. The number of carbonyl (C=O) groups is 2. The molecule has 43 heavy (non-hydrogen) atoms. The third-order valence-corrected chi connectivity index (χ3v) is 7.61. The van der Waals surface area contributed by atoms with Crippen LogP contribution in [0.15, 0.2) is 123 Å². The van der Waals surface area contributed by atoms with Gasteiger partial charge in [0.05, 0.1) is 0 Å². The van der Waals surface area contributed by atoms with E-state index in [1.165, 1.54) is 17.8 Å². The molecule has 1 heterocycles. The second-order valence-electron chi connectivity index (χ2n) is 9.91. The number of nitrogens with one attached hydrogen (secondary N) is 2. The molecule has 0 aliphatic heterocycles. The SMILES string of the molecule is CN(C)c1ccc(/C=C(\NC(=O)c2ccccc2)C(=O)Nc2ccc(SCc3cc4ccc(O)cc4oc3=O)cc2)cc1. The second-order valence-corrected chi connectivity index (χ2v) is 11.0. The Bertz CT molecular complexity index is 1850. The van der Waals surface area contributed by atoms with Crippen LogP contribution in [0.25, 0.3) is 17.0 Å². The van der Waals surface area contributed by atoms with Crippen LogP contribution >= 0.6 is 11.8 Å². The number of amides is 2. The minimum Gasteiger partial charge on any atom is -0.508 e. The van der Waals surface area contributed by atoms with E-state index in [9.17, 15) is 19.5 Å². The summed E-state index contributed by atoms with van der Waals surface area (Å²) in [6.45, 7) is 0. The van der Waals surface area contributed by atoms with Gasteiger partial charge in [0.1, 0.15) is 17.0 Å². The first-order valence-electron chi connectivity index (χ1n) is 13.4. The van der Waals surface area contributed by atoms with Gasteiger partial charge in [-0.25, -0.2) is 4.79 Å². The Balaban J connectivity index is 1.29. The highest BCUT2D eigenvalue weighted by Crippen LogP contribution is 2.26. The monoisotopic (exact) mass is 591 g/mol. The van der Waals surface area contributed by atoms with Gasteiger partial charge in [0.25, 0.3) is 11.8 Å². The number of rotatable bonds is 9. The maximum absolute atomic E-state index is 13.4. The van der Waals surface area contributed by atoms with Gasteiger partial charge in [-0.2, -0.15) is 0 Å². The molecule has 4 aromatic carbocycles. The largest absolute Gasteiger partial charge is 0.508 e. The number of phenols is 1. The number of fused-ring (bicyclic) bond motifs is 1. The summed E-state index contributed by atoms with van der Waals surface area (Å²) in [7, 11) is 3.89. The fourth-order valence-electron chi connectivity index (χ4n) is 4.22. The highest BCUT2D eigenvalue weighted by molar-refractivity contribution is 7.98. The van der Waals surface area contributed by atoms with E-state index in [2.05, 4.69) is 10.6 Å². The minimum absolute atomic E-state index is 0.0322. The van der Waals surface area contributed by atoms with Gasteiger partial charge >= 0.3 is 5.63 Å². The first-order valence-corrected chi connectivity index (χ1v) is 14.4. The average molecular weight is 592 g/mol. The van der Waals surface area contributed by atoms with Crippen molar-refractivity contribution in [3.05, 3.63) is 136 Å². The Kier molecular flexibility index (Phi) is 8.93. The van der Waals surface area contributed by atoms with Gasteiger partial charge in [-0.15, -0.1) is 11.8 Å². The van der Waals surface area contributed by atoms with Gasteiger partial charge in [0, 0.05) is 58.7 Å². The van der Waals surface area contributed by atoms with Gasteiger partial charge in [-0.1, -0.05) is 30.3 Å². The molecule has 0 aliphatic rings. The molecular weight excluding hydrogens is 562 g/mol. The number of thioether (sulfide) groups is 1. The molecule has 0 saturated heterocycles. The fraction of sp³-hybridized carbons (Fsp3) is 0.0882. The van der Waals surface area contributed by atoms with Gasteiger partial charge in [-0.3, -0.25) is 9.59 Å². The van der Waals surface area contributed by atoms with Crippen molar-refractivity contribution in [2.45, 2.75) is 10.6 Å². The lowest BCUT2D eigenvalue weighted by molar-refractivity contribution is -0.113. The molecular formula is C34H29N3O5S. The average Bonchev–Trinajstić information content (AvgIpc) is 3.01. The molecule has 0 saturated carbocycles. The van der Waals surface area contributed by atoms with Crippen molar-refractivity contribution in [3.63, 3.8) is 0 Å². The molecule has 9 heteroatoms. The predicted molar refractivity (Wildman–Crippen MR) is 171 cm³/mol. The van der Waals surface area contributed by atoms with Crippen molar-refractivity contribution in [2.24, 2.45) is 0 Å². The predicted octanol–water partition coefficient (Wildman–Crippen LogP) is 6.27. The van der Waals surface area contributed by atoms with E-state index >= 15 is 0 Å². The summed E-state index contributed by atoms with van der Waals surface area (Å²) in [5.41, 5.74) is 3.22. The number of carbonyl (C=O) groups excluding carboxylic acids is 2. The Morgan fingerprint density at radius 2 is 1.63 bits per heavy atom. The Morgan fingerprint density at radius 3 is 2.33 bits per heavy atom. The van der Waals surface area contributed by atoms with Crippen molar-refractivity contribution in [1.29, 1.82) is 0 Å². The van der Waals surface area contributed by atoms with E-state index in [1.807, 2.05) is 61.5 Å². The summed E-state index contributed by atoms with van der Waals surface area (Å²) >= 11 is 1.45. The van der Waals surface area contributed by atoms with Crippen molar-refractivity contribution in [3.8, 4) is 5.75 Å². The zero-order chi connectivity index (χ0) is 30.3. The maximum atomic E-state index is 13.4. The van der Waals surface area contributed by atoms with Gasteiger partial charge in [0.2, 0.25) is 0 Å². The zero-order valence-corrected chi connectivity index (χ0v) is 24.4. The first kappa shape index (κ1) is 29.2. The fourth-order valence-corrected chi connectivity index (χ4v) is 5.07. The van der Waals surface area contributed by atoms with E-state index in [0.29, 0.717) is 28.2 Å². The highest BCUT2D eigenvalue weighted by atomic mass is 32.2. The van der Waals surface area contributed by atoms with E-state index in [4.69, 9.17) is 4.42 Å². The van der Waals surface area contributed by atoms with Crippen LogP contribution < -0.4 is 21.2 Å². The molecule has 5 aromatic rings. The second kappa shape index (κ2) is 13.1. The van der Waals surface area contributed by atoms with Crippen molar-refractivity contribution in [1.82, 2.24) is 5.32 Å². The van der Waals surface area contributed by atoms with Crippen LogP contribution in [0.3, 0.4) is 0 Å². The van der Waals surface area contributed by atoms with Gasteiger partial charge < -0.3 is 25.1 Å². The van der Waals surface area contributed by atoms with Gasteiger partial charge in [0.15, 0.2) is 0 Å². The topological polar surface area (TPSA) is 112 Å². The lowest BCUT2D eigenvalue weighted by Gasteiger charge is -2.13. The van der Waals surface area contributed by atoms with Crippen LogP contribution in [-0.4, -0.2) is 31.0 Å². The molecule has 8 nitrogen and oxygen atoms in total. The summed E-state index contributed by atoms with van der Waals surface area (Å²) in [6.07, 6.45) is 1.64. The molecule has 2 amide bonds. The molecule has 0 fully saturated rings. The molecule has 0 spiro atoms. The van der Waals surface area contributed by atoms with E-state index in [0.717, 1.165) is 21.5 Å². The third-order valence-electron chi connectivity index (χ3n) is 6.55. The van der Waals surface area contributed by atoms with Crippen LogP contribution in [0.4, 0.5) is 11.4 Å². The highest BCUT2D eigenvalue weighted by Gasteiger charge is 2.15. The van der Waals surface area contributed by atoms with Crippen molar-refractivity contribution < 1.29 is 19.1 Å². The van der Waals surface area contributed by atoms with E-state index in [1.54, 1.807) is 60.7 Å². The van der Waals surface area contributed by atoms with Crippen molar-refractivity contribution >= 4 is 52.0 Å². The Morgan fingerprint density at radius 1 is 0.907 bits per heavy atom. The zero-order valence-electron chi connectivity index (χ0n) is 23.5. The molecule has 0 atom stereocenters. The number of aromatic hydroxyl groups is 1. The lowest BCUT2D eigenvalue weighted by Crippen LogP contribution is -2.30. The lowest BCUT2D eigenvalue weighted by atomic mass is 10.1. The Hall–Kier alpha value is -5.28. The van der Waals surface area contributed by atoms with Crippen LogP contribution in [0.2, 0.25) is 0 Å². The summed E-state index contributed by atoms with van der Waals surface area (Å²) in [5.74, 6) is -0.449. The molecule has 0 bridgehead atoms. The quantitative estimate of drug-likeness (QED) is 0.105. The molecule has 3 N–H and O–H groups in total. The maximum Gasteiger partial charge on any atom is 0.340 e. The molecule has 0 aliphatic carbocycles. The van der Waals surface area contributed by atoms with Crippen LogP contribution in [0, 0.1) is 0 Å². The van der Waals surface area contributed by atoms with Crippen molar-refractivity contribution in [2.75, 3.05) is 24.3 Å². The van der Waals surface area contributed by atoms with E-state index < -0.39 is 17.4 Å². The van der Waals surface area contributed by atoms with Gasteiger partial charge in [-0.05, 0) is 78.4 Å². The minimum atomic E-state index is -0.471. The normalized spacial score (nSPS) is 11.3. The number of nitrogens with zero attached hydrogens (tertiary/aromatic N) is 1. The Labute approximate surface area is 252 Å². The molecule has 0 unspecified atom stereocenters. The standard InChI is InChI=1S/C34H29N3O5S/c1-37(2)27-13-8-22(9-14-27)18-30(36-32(39)23-6-4-3-5-7-23)33(40)35-26-11-16-29(17-12-26)43-21-25-19-24-10-15-28(38)20-31(24)42-34(25)41/h3-20,38H,21H2,1-2H3,(H,35,40)(H,36,39)/b30-18-. The van der Waals surface area contributed by atoms with Crippen LogP contribution in [-0.2, 0) is 10.5 Å². The third kappa shape index (κ3) is 7.52. The summed E-state index contributed by atoms with van der Waals surface area (Å²) < 4.78 is 5.35. The van der Waals surface area contributed by atoms with E-state index in [-0.39, 0.29) is 11.4 Å². The smallest absolute Gasteiger partial charge is 0.340 e. The number of anilines is 2. The number of hydrogen-bond donors (Lipinski definition) is 3. The number of benzene rings is 4. The molecule has 216 valence electrons. The summed E-state index contributed by atoms with van der Waals surface area (Å²) in [4.78, 5) is 41.5. The molecule has 5 rings (SSSR count). The van der Waals surface area contributed by atoms with Crippen LogP contribution in [0.5, 0.6) is 5.75 Å². The molecule has 0 radical (unpaired) electrons. The number of hydrogen-bond acceptors (Lipinski definition) is 7. The number of phenolic OH excluding ortho intramolecular Hbond substituents is 1. The molecule has 1 aromatic heterocycles.